The summed E-state index contributed by atoms with van der Waals surface area (Å²) in [5.41, 5.74) is 0.974. The van der Waals surface area contributed by atoms with E-state index in [-0.39, 0.29) is 6.04 Å². The predicted octanol–water partition coefficient (Wildman–Crippen LogP) is 4.53. The minimum Gasteiger partial charge on any atom is -0.463 e. The smallest absolute Gasteiger partial charge is 0.206 e. The molecule has 2 aromatic heterocycles. The summed E-state index contributed by atoms with van der Waals surface area (Å²) in [5, 5.41) is 6.81. The van der Waals surface area contributed by atoms with Crippen LogP contribution in [0.15, 0.2) is 38.3 Å². The summed E-state index contributed by atoms with van der Waals surface area (Å²) >= 11 is 1.61. The van der Waals surface area contributed by atoms with E-state index in [9.17, 15) is 0 Å². The molecular weight excluding hydrogens is 294 g/mol. The molecule has 5 heteroatoms. The van der Waals surface area contributed by atoms with E-state index in [2.05, 4.69) is 30.4 Å². The van der Waals surface area contributed by atoms with Crippen LogP contribution in [0.1, 0.15) is 46.0 Å². The van der Waals surface area contributed by atoms with Crippen molar-refractivity contribution in [1.82, 2.24) is 4.68 Å². The SMILES string of the molecule is CC(C)N=c1scc(-c2ccco2)n1N=CC1CCCCC1. The van der Waals surface area contributed by atoms with Crippen LogP contribution in [0.3, 0.4) is 0 Å². The van der Waals surface area contributed by atoms with Gasteiger partial charge >= 0.3 is 0 Å². The fourth-order valence-electron chi connectivity index (χ4n) is 2.76. The van der Waals surface area contributed by atoms with Crippen molar-refractivity contribution >= 4 is 17.6 Å². The normalized spacial score (nSPS) is 17.9. The molecule has 0 atom stereocenters. The van der Waals surface area contributed by atoms with Crippen molar-refractivity contribution < 1.29 is 4.42 Å². The summed E-state index contributed by atoms with van der Waals surface area (Å²) in [6, 6.07) is 4.12. The molecule has 4 nitrogen and oxygen atoms in total. The Balaban J connectivity index is 1.95. The van der Waals surface area contributed by atoms with Crippen LogP contribution >= 0.6 is 11.3 Å². The highest BCUT2D eigenvalue weighted by molar-refractivity contribution is 7.07. The Morgan fingerprint density at radius 3 is 2.82 bits per heavy atom. The zero-order valence-electron chi connectivity index (χ0n) is 13.2. The quantitative estimate of drug-likeness (QED) is 0.764. The zero-order valence-corrected chi connectivity index (χ0v) is 14.1. The largest absolute Gasteiger partial charge is 0.463 e. The van der Waals surface area contributed by atoms with Crippen LogP contribution in [-0.4, -0.2) is 16.9 Å². The topological polar surface area (TPSA) is 42.8 Å². The van der Waals surface area contributed by atoms with Crippen LogP contribution < -0.4 is 4.80 Å². The maximum absolute atomic E-state index is 5.54. The molecule has 118 valence electrons. The van der Waals surface area contributed by atoms with Crippen molar-refractivity contribution in [2.45, 2.75) is 52.0 Å². The highest BCUT2D eigenvalue weighted by Gasteiger charge is 2.13. The lowest BCUT2D eigenvalue weighted by Gasteiger charge is -2.16. The minimum atomic E-state index is 0.249. The average Bonchev–Trinajstić information content (AvgIpc) is 3.15. The van der Waals surface area contributed by atoms with Crippen molar-refractivity contribution in [3.05, 3.63) is 28.6 Å². The minimum absolute atomic E-state index is 0.249. The summed E-state index contributed by atoms with van der Waals surface area (Å²) in [5.74, 6) is 1.43. The van der Waals surface area contributed by atoms with E-state index >= 15 is 0 Å². The first-order valence-corrected chi connectivity index (χ1v) is 8.95. The van der Waals surface area contributed by atoms with Gasteiger partial charge in [-0.05, 0) is 44.7 Å². The summed E-state index contributed by atoms with van der Waals surface area (Å²) in [6.07, 6.45) is 10.3. The van der Waals surface area contributed by atoms with Gasteiger partial charge in [-0.1, -0.05) is 19.3 Å². The van der Waals surface area contributed by atoms with Crippen LogP contribution in [0.2, 0.25) is 0 Å². The van der Waals surface area contributed by atoms with Crippen molar-refractivity contribution in [1.29, 1.82) is 0 Å². The molecule has 1 aliphatic carbocycles. The first kappa shape index (κ1) is 15.3. The second kappa shape index (κ2) is 7.09. The van der Waals surface area contributed by atoms with Crippen molar-refractivity contribution in [2.75, 3.05) is 0 Å². The van der Waals surface area contributed by atoms with Gasteiger partial charge in [0.05, 0.1) is 6.26 Å². The molecular formula is C17H23N3OS. The van der Waals surface area contributed by atoms with Crippen LogP contribution in [0.5, 0.6) is 0 Å². The molecule has 1 fully saturated rings. The molecule has 3 rings (SSSR count). The lowest BCUT2D eigenvalue weighted by molar-refractivity contribution is 0.443. The van der Waals surface area contributed by atoms with Crippen molar-refractivity contribution in [3.8, 4) is 11.5 Å². The van der Waals surface area contributed by atoms with Crippen molar-refractivity contribution in [2.24, 2.45) is 16.0 Å². The fourth-order valence-corrected chi connectivity index (χ4v) is 3.71. The molecule has 0 radical (unpaired) electrons. The van der Waals surface area contributed by atoms with E-state index in [4.69, 9.17) is 9.52 Å². The second-order valence-electron chi connectivity index (χ2n) is 6.08. The highest BCUT2D eigenvalue weighted by Crippen LogP contribution is 2.23. The number of hydrogen-bond donors (Lipinski definition) is 0. The summed E-state index contributed by atoms with van der Waals surface area (Å²) in [7, 11) is 0. The molecule has 0 unspecified atom stereocenters. The van der Waals surface area contributed by atoms with Gasteiger partial charge in [0, 0.05) is 17.6 Å². The Hall–Kier alpha value is -1.62. The number of furan rings is 1. The third kappa shape index (κ3) is 3.58. The maximum atomic E-state index is 5.54. The Labute approximate surface area is 135 Å². The third-order valence-corrected chi connectivity index (χ3v) is 4.70. The summed E-state index contributed by atoms with van der Waals surface area (Å²) in [4.78, 5) is 5.60. The van der Waals surface area contributed by atoms with Gasteiger partial charge in [-0.15, -0.1) is 11.3 Å². The average molecular weight is 317 g/mol. The number of nitrogens with zero attached hydrogens (tertiary/aromatic N) is 3. The monoisotopic (exact) mass is 317 g/mol. The molecule has 0 N–H and O–H groups in total. The molecule has 0 amide bonds. The molecule has 22 heavy (non-hydrogen) atoms. The van der Waals surface area contributed by atoms with Crippen LogP contribution in [-0.2, 0) is 0 Å². The standard InChI is InChI=1S/C17H23N3OS/c1-13(2)19-17-20(18-11-14-7-4-3-5-8-14)15(12-22-17)16-9-6-10-21-16/h6,9-14H,3-5,7-8H2,1-2H3. The third-order valence-electron chi connectivity index (χ3n) is 3.87. The zero-order chi connectivity index (χ0) is 15.4. The maximum Gasteiger partial charge on any atom is 0.206 e. The van der Waals surface area contributed by atoms with Crippen LogP contribution in [0.4, 0.5) is 0 Å². The molecule has 0 aliphatic heterocycles. The molecule has 1 saturated carbocycles. The predicted molar refractivity (Wildman–Crippen MR) is 91.2 cm³/mol. The molecule has 1 aliphatic rings. The number of rotatable bonds is 4. The molecule has 0 spiro atoms. The van der Waals surface area contributed by atoms with Crippen LogP contribution in [0.25, 0.3) is 11.5 Å². The Morgan fingerprint density at radius 2 is 2.14 bits per heavy atom. The molecule has 0 saturated heterocycles. The number of hydrogen-bond acceptors (Lipinski definition) is 4. The Morgan fingerprint density at radius 1 is 1.32 bits per heavy atom. The Kier molecular flexibility index (Phi) is 4.93. The van der Waals surface area contributed by atoms with Gasteiger partial charge < -0.3 is 4.42 Å². The van der Waals surface area contributed by atoms with Crippen LogP contribution in [0, 0.1) is 5.92 Å². The second-order valence-corrected chi connectivity index (χ2v) is 6.91. The van der Waals surface area contributed by atoms with Gasteiger partial charge in [-0.2, -0.15) is 5.10 Å². The molecule has 0 bridgehead atoms. The highest BCUT2D eigenvalue weighted by atomic mass is 32.1. The first-order valence-electron chi connectivity index (χ1n) is 8.07. The van der Waals surface area contributed by atoms with Gasteiger partial charge in [0.1, 0.15) is 5.69 Å². The van der Waals surface area contributed by atoms with Gasteiger partial charge in [0.25, 0.3) is 0 Å². The summed E-state index contributed by atoms with van der Waals surface area (Å²) in [6.45, 7) is 4.17. The molecule has 2 aromatic rings. The molecule has 2 heterocycles. The van der Waals surface area contributed by atoms with E-state index in [1.165, 1.54) is 32.1 Å². The van der Waals surface area contributed by atoms with Gasteiger partial charge in [0.15, 0.2) is 5.76 Å². The fraction of sp³-hybridized carbons (Fsp3) is 0.529. The van der Waals surface area contributed by atoms with Gasteiger partial charge in [-0.3, -0.25) is 4.99 Å². The van der Waals surface area contributed by atoms with E-state index in [0.29, 0.717) is 5.92 Å². The molecule has 0 aromatic carbocycles. The van der Waals surface area contributed by atoms with E-state index in [0.717, 1.165) is 16.3 Å². The van der Waals surface area contributed by atoms with Gasteiger partial charge in [-0.25, -0.2) is 4.68 Å². The number of aromatic nitrogens is 1. The van der Waals surface area contributed by atoms with Gasteiger partial charge in [0.2, 0.25) is 4.80 Å². The van der Waals surface area contributed by atoms with E-state index in [1.54, 1.807) is 17.6 Å². The van der Waals surface area contributed by atoms with E-state index < -0.39 is 0 Å². The lowest BCUT2D eigenvalue weighted by Crippen LogP contribution is -2.16. The first-order chi connectivity index (χ1) is 10.7. The summed E-state index contributed by atoms with van der Waals surface area (Å²) < 4.78 is 7.47. The number of thiazole rings is 1. The van der Waals surface area contributed by atoms with Crippen molar-refractivity contribution in [3.63, 3.8) is 0 Å². The Bertz CT molecular complexity index is 673. The lowest BCUT2D eigenvalue weighted by atomic mass is 9.90. The van der Waals surface area contributed by atoms with E-state index in [1.807, 2.05) is 16.8 Å².